The van der Waals surface area contributed by atoms with Gasteiger partial charge in [0.1, 0.15) is 0 Å². The number of amides is 1. The van der Waals surface area contributed by atoms with Crippen LogP contribution in [0, 0.1) is 5.92 Å². The molecule has 0 radical (unpaired) electrons. The van der Waals surface area contributed by atoms with Crippen molar-refractivity contribution in [3.8, 4) is 0 Å². The van der Waals surface area contributed by atoms with Crippen molar-refractivity contribution in [1.82, 2.24) is 10.6 Å². The first kappa shape index (κ1) is 26.3. The molecule has 0 aromatic heterocycles. The number of fused-ring (bicyclic) bond motifs is 2. The van der Waals surface area contributed by atoms with Crippen LogP contribution in [0.15, 0.2) is 65.6 Å². The van der Waals surface area contributed by atoms with E-state index in [0.29, 0.717) is 5.92 Å². The third-order valence-corrected chi connectivity index (χ3v) is 8.45. The minimum Gasteiger partial charge on any atom is -0.392 e. The van der Waals surface area contributed by atoms with Crippen molar-refractivity contribution < 1.29 is 18.3 Å². The summed E-state index contributed by atoms with van der Waals surface area (Å²) in [5, 5.41) is 18.7. The van der Waals surface area contributed by atoms with E-state index in [1.54, 1.807) is 18.2 Å². The first-order valence-corrected chi connectivity index (χ1v) is 14.4. The molecule has 192 valence electrons. The van der Waals surface area contributed by atoms with Crippen LogP contribution >= 0.6 is 0 Å². The summed E-state index contributed by atoms with van der Waals surface area (Å²) in [7, 11) is -3.73. The number of aliphatic hydroxyl groups is 1. The molecule has 0 fully saturated rings. The zero-order chi connectivity index (χ0) is 25.7. The molecule has 0 heterocycles. The van der Waals surface area contributed by atoms with Gasteiger partial charge in [-0.05, 0) is 71.3 Å². The predicted octanol–water partition coefficient (Wildman–Crippen LogP) is 4.30. The maximum absolute atomic E-state index is 12.9. The molecular weight excluding hydrogens is 472 g/mol. The fourth-order valence-corrected chi connectivity index (χ4v) is 6.27. The van der Waals surface area contributed by atoms with Gasteiger partial charge in [-0.2, -0.15) is 0 Å². The van der Waals surface area contributed by atoms with Gasteiger partial charge in [0, 0.05) is 6.54 Å². The lowest BCUT2D eigenvalue weighted by atomic mass is 9.86. The van der Waals surface area contributed by atoms with E-state index in [4.69, 9.17) is 0 Å². The molecule has 3 aromatic rings. The number of carbonyl (C=O) groups excluding carboxylic acids is 1. The van der Waals surface area contributed by atoms with E-state index in [1.165, 1.54) is 11.1 Å². The lowest BCUT2D eigenvalue weighted by Crippen LogP contribution is -2.35. The summed E-state index contributed by atoms with van der Waals surface area (Å²) in [5.74, 6) is -0.232. The van der Waals surface area contributed by atoms with Crippen LogP contribution in [0.4, 0.5) is 0 Å². The Bertz CT molecular complexity index is 1320. The minimum absolute atomic E-state index is 0.122. The van der Waals surface area contributed by atoms with Gasteiger partial charge in [0.2, 0.25) is 5.91 Å². The molecule has 0 unspecified atom stereocenters. The average molecular weight is 509 g/mol. The number of hydrogen-bond acceptors (Lipinski definition) is 5. The Hall–Kier alpha value is -2.74. The summed E-state index contributed by atoms with van der Waals surface area (Å²) in [5.41, 5.74) is 3.59. The van der Waals surface area contributed by atoms with Gasteiger partial charge < -0.3 is 15.7 Å². The topological polar surface area (TPSA) is 95.5 Å². The largest absolute Gasteiger partial charge is 0.392 e. The minimum atomic E-state index is -3.73. The molecule has 1 amide bonds. The lowest BCUT2D eigenvalue weighted by Gasteiger charge is -2.27. The fraction of sp³-hybridized carbons (Fsp3) is 0.414. The molecule has 0 aliphatic heterocycles. The van der Waals surface area contributed by atoms with Crippen LogP contribution in [0.25, 0.3) is 10.8 Å². The van der Waals surface area contributed by atoms with Gasteiger partial charge in [-0.1, -0.05) is 62.4 Å². The lowest BCUT2D eigenvalue weighted by molar-refractivity contribution is -0.123. The predicted molar refractivity (Wildman–Crippen MR) is 143 cm³/mol. The number of hydrogen-bond donors (Lipinski definition) is 3. The SMILES string of the molecule is CC(C)CNCc1ccc2c(c1)CCC[C@H]2NC(=O)C[C@H](O)CS(=O)(=O)c1ccc2ccccc2c1. The highest BCUT2D eigenvalue weighted by Gasteiger charge is 2.25. The summed E-state index contributed by atoms with van der Waals surface area (Å²) < 4.78 is 25.7. The molecule has 2 atom stereocenters. The smallest absolute Gasteiger partial charge is 0.223 e. The van der Waals surface area contributed by atoms with Gasteiger partial charge in [0.15, 0.2) is 9.84 Å². The number of sulfone groups is 1. The van der Waals surface area contributed by atoms with E-state index in [0.717, 1.165) is 48.7 Å². The van der Waals surface area contributed by atoms with Crippen LogP contribution in [0.5, 0.6) is 0 Å². The zero-order valence-corrected chi connectivity index (χ0v) is 21.9. The molecule has 4 rings (SSSR count). The van der Waals surface area contributed by atoms with Crippen molar-refractivity contribution in [2.75, 3.05) is 12.3 Å². The Labute approximate surface area is 214 Å². The second-order valence-electron chi connectivity index (χ2n) is 10.2. The van der Waals surface area contributed by atoms with Crippen LogP contribution in [-0.2, 0) is 27.6 Å². The van der Waals surface area contributed by atoms with E-state index in [1.807, 2.05) is 24.3 Å². The van der Waals surface area contributed by atoms with Crippen molar-refractivity contribution in [3.63, 3.8) is 0 Å². The third kappa shape index (κ3) is 6.72. The van der Waals surface area contributed by atoms with Gasteiger partial charge in [-0.15, -0.1) is 0 Å². The van der Waals surface area contributed by atoms with Gasteiger partial charge >= 0.3 is 0 Å². The van der Waals surface area contributed by atoms with E-state index in [-0.39, 0.29) is 23.3 Å². The number of benzene rings is 3. The number of nitrogens with one attached hydrogen (secondary N) is 2. The van der Waals surface area contributed by atoms with E-state index >= 15 is 0 Å². The first-order valence-electron chi connectivity index (χ1n) is 12.7. The Morgan fingerprint density at radius 2 is 1.83 bits per heavy atom. The Kier molecular flexibility index (Phi) is 8.44. The summed E-state index contributed by atoms with van der Waals surface area (Å²) in [4.78, 5) is 12.9. The van der Waals surface area contributed by atoms with Crippen molar-refractivity contribution in [1.29, 1.82) is 0 Å². The van der Waals surface area contributed by atoms with Crippen molar-refractivity contribution in [2.24, 2.45) is 5.92 Å². The Morgan fingerprint density at radius 3 is 2.61 bits per heavy atom. The van der Waals surface area contributed by atoms with Gasteiger partial charge in [-0.3, -0.25) is 4.79 Å². The molecule has 7 heteroatoms. The molecule has 1 aliphatic carbocycles. The number of aryl methyl sites for hydroxylation is 1. The van der Waals surface area contributed by atoms with Gasteiger partial charge in [-0.25, -0.2) is 8.42 Å². The second kappa shape index (κ2) is 11.5. The molecule has 6 nitrogen and oxygen atoms in total. The molecular formula is C29H36N2O4S. The van der Waals surface area contributed by atoms with Gasteiger partial charge in [0.05, 0.1) is 29.2 Å². The highest BCUT2D eigenvalue weighted by molar-refractivity contribution is 7.91. The third-order valence-electron chi connectivity index (χ3n) is 6.65. The molecule has 0 bridgehead atoms. The number of carbonyl (C=O) groups is 1. The summed E-state index contributed by atoms with van der Waals surface area (Å²) in [6.07, 6.45) is 1.25. The molecule has 3 N–H and O–H groups in total. The molecule has 0 spiro atoms. The normalized spacial score (nSPS) is 16.6. The molecule has 3 aromatic carbocycles. The monoisotopic (exact) mass is 508 g/mol. The molecule has 0 saturated carbocycles. The second-order valence-corrected chi connectivity index (χ2v) is 12.3. The van der Waals surface area contributed by atoms with Crippen molar-refractivity contribution >= 4 is 26.5 Å². The molecule has 1 aliphatic rings. The fourth-order valence-electron chi connectivity index (χ4n) is 4.87. The van der Waals surface area contributed by atoms with Gasteiger partial charge in [0.25, 0.3) is 0 Å². The van der Waals surface area contributed by atoms with E-state index in [9.17, 15) is 18.3 Å². The van der Waals surface area contributed by atoms with Crippen molar-refractivity contribution in [2.45, 2.75) is 63.1 Å². The highest BCUT2D eigenvalue weighted by Crippen LogP contribution is 2.30. The maximum atomic E-state index is 12.9. The van der Waals surface area contributed by atoms with Crippen LogP contribution in [0.3, 0.4) is 0 Å². The standard InChI is InChI=1S/C29H36N2O4S/c1-20(2)17-30-18-21-10-13-27-24(14-21)8-5-9-28(27)31-29(33)16-25(32)19-36(34,35)26-12-11-22-6-3-4-7-23(22)15-26/h3-4,6-7,10-15,20,25,28,30,32H,5,8-9,16-19H2,1-2H3,(H,31,33)/t25-,28+/m0/s1. The summed E-state index contributed by atoms with van der Waals surface area (Å²) in [6, 6.07) is 18.7. The van der Waals surface area contributed by atoms with Crippen LogP contribution < -0.4 is 10.6 Å². The Balaban J connectivity index is 1.35. The first-order chi connectivity index (χ1) is 17.2. The number of aliphatic hydroxyl groups excluding tert-OH is 1. The quantitative estimate of drug-likeness (QED) is 0.379. The maximum Gasteiger partial charge on any atom is 0.223 e. The van der Waals surface area contributed by atoms with E-state index in [2.05, 4.69) is 42.7 Å². The number of rotatable bonds is 10. The van der Waals surface area contributed by atoms with Crippen LogP contribution in [0.1, 0.15) is 55.8 Å². The van der Waals surface area contributed by atoms with E-state index < -0.39 is 21.7 Å². The summed E-state index contributed by atoms with van der Waals surface area (Å²) in [6.45, 7) is 6.15. The van der Waals surface area contributed by atoms with Crippen LogP contribution in [-0.4, -0.2) is 37.8 Å². The van der Waals surface area contributed by atoms with Crippen molar-refractivity contribution in [3.05, 3.63) is 77.4 Å². The van der Waals surface area contributed by atoms with Crippen LogP contribution in [0.2, 0.25) is 0 Å². The summed E-state index contributed by atoms with van der Waals surface area (Å²) >= 11 is 0. The average Bonchev–Trinajstić information content (AvgIpc) is 2.83. The molecule has 0 saturated heterocycles. The zero-order valence-electron chi connectivity index (χ0n) is 21.0. The Morgan fingerprint density at radius 1 is 1.06 bits per heavy atom. The highest BCUT2D eigenvalue weighted by atomic mass is 32.2. The molecule has 36 heavy (non-hydrogen) atoms.